The van der Waals surface area contributed by atoms with E-state index in [1.807, 2.05) is 0 Å². The second kappa shape index (κ2) is 9.76. The molecular formula is C16H24F2O. The second-order valence-electron chi connectivity index (χ2n) is 4.90. The van der Waals surface area contributed by atoms with Gasteiger partial charge in [0.25, 0.3) is 0 Å². The summed E-state index contributed by atoms with van der Waals surface area (Å²) in [5.74, 6) is -1.05. The number of ether oxygens (including phenoxy) is 1. The van der Waals surface area contributed by atoms with Crippen LogP contribution in [0.3, 0.4) is 0 Å². The zero-order valence-electron chi connectivity index (χ0n) is 11.8. The van der Waals surface area contributed by atoms with Gasteiger partial charge in [-0.1, -0.05) is 51.9 Å². The highest BCUT2D eigenvalue weighted by molar-refractivity contribution is 5.24. The lowest BCUT2D eigenvalue weighted by Crippen LogP contribution is -1.99. The molecule has 0 amide bonds. The van der Waals surface area contributed by atoms with Gasteiger partial charge in [-0.05, 0) is 18.6 Å². The van der Waals surface area contributed by atoms with Gasteiger partial charge >= 0.3 is 0 Å². The first-order valence-corrected chi connectivity index (χ1v) is 7.32. The van der Waals surface area contributed by atoms with Gasteiger partial charge in [-0.15, -0.1) is 0 Å². The number of halogens is 2. The minimum Gasteiger partial charge on any atom is -0.491 e. The van der Waals surface area contributed by atoms with Gasteiger partial charge in [0.1, 0.15) is 5.82 Å². The highest BCUT2D eigenvalue weighted by Gasteiger charge is 2.04. The van der Waals surface area contributed by atoms with E-state index in [0.717, 1.165) is 18.9 Å². The zero-order chi connectivity index (χ0) is 13.9. The van der Waals surface area contributed by atoms with Crippen LogP contribution in [-0.4, -0.2) is 6.61 Å². The minimum absolute atomic E-state index is 0.143. The topological polar surface area (TPSA) is 9.23 Å². The SMILES string of the molecule is CCCCCCCCCCOc1ccc(F)cc1F. The van der Waals surface area contributed by atoms with Crippen LogP contribution in [-0.2, 0) is 0 Å². The summed E-state index contributed by atoms with van der Waals surface area (Å²) in [6.45, 7) is 2.71. The molecule has 0 saturated heterocycles. The van der Waals surface area contributed by atoms with Crippen molar-refractivity contribution in [2.24, 2.45) is 0 Å². The molecule has 0 spiro atoms. The number of unbranched alkanes of at least 4 members (excludes halogenated alkanes) is 7. The molecule has 19 heavy (non-hydrogen) atoms. The Kier molecular flexibility index (Phi) is 8.19. The first-order chi connectivity index (χ1) is 9.24. The van der Waals surface area contributed by atoms with Gasteiger partial charge in [-0.25, -0.2) is 8.78 Å². The Balaban J connectivity index is 2.01. The number of hydrogen-bond donors (Lipinski definition) is 0. The van der Waals surface area contributed by atoms with Crippen LogP contribution in [0.2, 0.25) is 0 Å². The second-order valence-corrected chi connectivity index (χ2v) is 4.90. The van der Waals surface area contributed by atoms with E-state index >= 15 is 0 Å². The van der Waals surface area contributed by atoms with Gasteiger partial charge in [0.05, 0.1) is 6.61 Å². The van der Waals surface area contributed by atoms with Crippen LogP contribution in [0.5, 0.6) is 5.75 Å². The lowest BCUT2D eigenvalue weighted by molar-refractivity contribution is 0.289. The largest absolute Gasteiger partial charge is 0.491 e. The average molecular weight is 270 g/mol. The predicted molar refractivity (Wildman–Crippen MR) is 74.5 cm³/mol. The molecule has 108 valence electrons. The van der Waals surface area contributed by atoms with Crippen molar-refractivity contribution in [1.29, 1.82) is 0 Å². The van der Waals surface area contributed by atoms with E-state index < -0.39 is 11.6 Å². The summed E-state index contributed by atoms with van der Waals surface area (Å²) in [5, 5.41) is 0. The molecule has 0 radical (unpaired) electrons. The summed E-state index contributed by atoms with van der Waals surface area (Å²) in [6.07, 6.45) is 9.74. The smallest absolute Gasteiger partial charge is 0.167 e. The van der Waals surface area contributed by atoms with Crippen molar-refractivity contribution in [1.82, 2.24) is 0 Å². The third-order valence-electron chi connectivity index (χ3n) is 3.15. The average Bonchev–Trinajstić information content (AvgIpc) is 2.39. The Labute approximate surface area is 115 Å². The van der Waals surface area contributed by atoms with Gasteiger partial charge in [-0.3, -0.25) is 0 Å². The Morgan fingerprint density at radius 3 is 2.16 bits per heavy atom. The fourth-order valence-electron chi connectivity index (χ4n) is 2.01. The Hall–Kier alpha value is -1.12. The number of hydrogen-bond acceptors (Lipinski definition) is 1. The van der Waals surface area contributed by atoms with E-state index in [4.69, 9.17) is 4.74 Å². The molecule has 1 rings (SSSR count). The first kappa shape index (κ1) is 15.9. The summed E-state index contributed by atoms with van der Waals surface area (Å²) in [6, 6.07) is 3.41. The van der Waals surface area contributed by atoms with Crippen molar-refractivity contribution in [3.8, 4) is 5.75 Å². The monoisotopic (exact) mass is 270 g/mol. The summed E-state index contributed by atoms with van der Waals surface area (Å²) < 4.78 is 31.2. The third-order valence-corrected chi connectivity index (χ3v) is 3.15. The lowest BCUT2D eigenvalue weighted by Gasteiger charge is -2.07. The summed E-state index contributed by atoms with van der Waals surface area (Å²) >= 11 is 0. The quantitative estimate of drug-likeness (QED) is 0.511. The summed E-state index contributed by atoms with van der Waals surface area (Å²) in [7, 11) is 0. The van der Waals surface area contributed by atoms with Crippen molar-refractivity contribution >= 4 is 0 Å². The van der Waals surface area contributed by atoms with E-state index in [1.165, 1.54) is 50.7 Å². The van der Waals surface area contributed by atoms with Gasteiger partial charge in [-0.2, -0.15) is 0 Å². The molecule has 1 nitrogen and oxygen atoms in total. The molecule has 0 unspecified atom stereocenters. The maximum atomic E-state index is 13.2. The van der Waals surface area contributed by atoms with E-state index in [-0.39, 0.29) is 5.75 Å². The zero-order valence-corrected chi connectivity index (χ0v) is 11.8. The van der Waals surface area contributed by atoms with E-state index in [2.05, 4.69) is 6.92 Å². The van der Waals surface area contributed by atoms with Crippen molar-refractivity contribution in [2.75, 3.05) is 6.61 Å². The molecular weight excluding hydrogens is 246 g/mol. The fourth-order valence-corrected chi connectivity index (χ4v) is 2.01. The molecule has 1 aromatic carbocycles. The van der Waals surface area contributed by atoms with Crippen molar-refractivity contribution < 1.29 is 13.5 Å². The van der Waals surface area contributed by atoms with Crippen LogP contribution in [0.25, 0.3) is 0 Å². The van der Waals surface area contributed by atoms with Crippen LogP contribution in [0.15, 0.2) is 18.2 Å². The fraction of sp³-hybridized carbons (Fsp3) is 0.625. The Bertz CT molecular complexity index is 353. The number of rotatable bonds is 10. The molecule has 0 heterocycles. The molecule has 0 atom stereocenters. The number of benzene rings is 1. The molecule has 0 aliphatic rings. The van der Waals surface area contributed by atoms with Crippen LogP contribution in [0.4, 0.5) is 8.78 Å². The highest BCUT2D eigenvalue weighted by Crippen LogP contribution is 2.18. The van der Waals surface area contributed by atoms with E-state index in [9.17, 15) is 8.78 Å². The third kappa shape index (κ3) is 7.14. The molecule has 0 fully saturated rings. The highest BCUT2D eigenvalue weighted by atomic mass is 19.1. The standard InChI is InChI=1S/C16H24F2O/c1-2-3-4-5-6-7-8-9-12-19-16-11-10-14(17)13-15(16)18/h10-11,13H,2-9,12H2,1H3. The normalized spacial score (nSPS) is 10.7. The molecule has 0 bridgehead atoms. The van der Waals surface area contributed by atoms with Gasteiger partial charge < -0.3 is 4.74 Å². The van der Waals surface area contributed by atoms with Crippen LogP contribution in [0.1, 0.15) is 58.3 Å². The van der Waals surface area contributed by atoms with Crippen LogP contribution < -0.4 is 4.74 Å². The Morgan fingerprint density at radius 1 is 0.895 bits per heavy atom. The van der Waals surface area contributed by atoms with Crippen LogP contribution in [0, 0.1) is 11.6 Å². The molecule has 0 N–H and O–H groups in total. The lowest BCUT2D eigenvalue weighted by atomic mass is 10.1. The molecule has 0 saturated carbocycles. The molecule has 0 aliphatic carbocycles. The molecule has 0 aromatic heterocycles. The maximum Gasteiger partial charge on any atom is 0.167 e. The summed E-state index contributed by atoms with van der Waals surface area (Å²) in [4.78, 5) is 0. The predicted octanol–water partition coefficient (Wildman–Crippen LogP) is 5.48. The van der Waals surface area contributed by atoms with E-state index in [1.54, 1.807) is 0 Å². The van der Waals surface area contributed by atoms with Gasteiger partial charge in [0.2, 0.25) is 0 Å². The van der Waals surface area contributed by atoms with Crippen LogP contribution >= 0.6 is 0 Å². The molecule has 0 aliphatic heterocycles. The Morgan fingerprint density at radius 2 is 1.53 bits per heavy atom. The first-order valence-electron chi connectivity index (χ1n) is 7.32. The maximum absolute atomic E-state index is 13.2. The van der Waals surface area contributed by atoms with E-state index in [0.29, 0.717) is 6.61 Å². The van der Waals surface area contributed by atoms with Gasteiger partial charge in [0.15, 0.2) is 11.6 Å². The molecule has 1 aromatic rings. The van der Waals surface area contributed by atoms with Gasteiger partial charge in [0, 0.05) is 6.07 Å². The minimum atomic E-state index is -0.625. The van der Waals surface area contributed by atoms with Crippen molar-refractivity contribution in [3.63, 3.8) is 0 Å². The summed E-state index contributed by atoms with van der Waals surface area (Å²) in [5.41, 5.74) is 0. The van der Waals surface area contributed by atoms with Crippen molar-refractivity contribution in [3.05, 3.63) is 29.8 Å². The molecule has 3 heteroatoms. The van der Waals surface area contributed by atoms with Crippen molar-refractivity contribution in [2.45, 2.75) is 58.3 Å².